The fourth-order valence-electron chi connectivity index (χ4n) is 2.84. The summed E-state index contributed by atoms with van der Waals surface area (Å²) in [5.41, 5.74) is 7.79. The molecule has 1 aromatic rings. The fraction of sp³-hybridized carbons (Fsp3) is 0.667. The second kappa shape index (κ2) is 6.86. The van der Waals surface area contributed by atoms with E-state index in [2.05, 4.69) is 18.0 Å². The normalized spacial score (nSPS) is 24.1. The highest BCUT2D eigenvalue weighted by molar-refractivity contribution is 5.18. The molecular weight excluding hydrogens is 224 g/mol. The number of ether oxygens (including phenoxy) is 1. The van der Waals surface area contributed by atoms with Crippen molar-refractivity contribution in [1.82, 2.24) is 4.98 Å². The minimum Gasteiger partial charge on any atom is -0.373 e. The van der Waals surface area contributed by atoms with Crippen LogP contribution < -0.4 is 5.73 Å². The number of hydrogen-bond acceptors (Lipinski definition) is 3. The summed E-state index contributed by atoms with van der Waals surface area (Å²) in [4.78, 5) is 4.30. The van der Waals surface area contributed by atoms with Gasteiger partial charge in [0.2, 0.25) is 0 Å². The molecule has 100 valence electrons. The first kappa shape index (κ1) is 13.5. The molecule has 2 unspecified atom stereocenters. The molecule has 0 amide bonds. The van der Waals surface area contributed by atoms with Crippen LogP contribution in [0.5, 0.6) is 0 Å². The number of aromatic nitrogens is 1. The molecule has 0 bridgehead atoms. The Morgan fingerprint density at radius 1 is 1.39 bits per heavy atom. The summed E-state index contributed by atoms with van der Waals surface area (Å²) in [6.07, 6.45) is 8.63. The van der Waals surface area contributed by atoms with E-state index in [-0.39, 0.29) is 0 Å². The third-order valence-electron chi connectivity index (χ3n) is 3.99. The minimum absolute atomic E-state index is 0.426. The van der Waals surface area contributed by atoms with E-state index >= 15 is 0 Å². The summed E-state index contributed by atoms with van der Waals surface area (Å²) in [5.74, 6) is 0.733. The maximum atomic E-state index is 6.12. The van der Waals surface area contributed by atoms with E-state index in [1.165, 1.54) is 32.1 Å². The Labute approximate surface area is 110 Å². The predicted molar refractivity (Wildman–Crippen MR) is 73.0 cm³/mol. The SMILES string of the molecule is CCC1CCCCC1OCc1cccnc1CN. The van der Waals surface area contributed by atoms with Crippen LogP contribution in [0.3, 0.4) is 0 Å². The average molecular weight is 248 g/mol. The largest absolute Gasteiger partial charge is 0.373 e. The Balaban J connectivity index is 1.93. The van der Waals surface area contributed by atoms with Crippen LogP contribution in [0, 0.1) is 5.92 Å². The first-order valence-electron chi connectivity index (χ1n) is 7.09. The number of pyridine rings is 1. The standard InChI is InChI=1S/C15H24N2O/c1-2-12-6-3-4-8-15(12)18-11-13-7-5-9-17-14(13)10-16/h5,7,9,12,15H,2-4,6,8,10-11,16H2,1H3. The van der Waals surface area contributed by atoms with Gasteiger partial charge in [-0.3, -0.25) is 4.98 Å². The molecule has 1 heterocycles. The summed E-state index contributed by atoms with van der Waals surface area (Å²) >= 11 is 0. The smallest absolute Gasteiger partial charge is 0.0739 e. The molecule has 0 aromatic carbocycles. The zero-order valence-corrected chi connectivity index (χ0v) is 11.3. The van der Waals surface area contributed by atoms with E-state index in [1.807, 2.05) is 6.07 Å². The van der Waals surface area contributed by atoms with Gasteiger partial charge in [0.15, 0.2) is 0 Å². The summed E-state index contributed by atoms with van der Waals surface area (Å²) in [5, 5.41) is 0. The van der Waals surface area contributed by atoms with Crippen LogP contribution >= 0.6 is 0 Å². The highest BCUT2D eigenvalue weighted by Crippen LogP contribution is 2.29. The van der Waals surface area contributed by atoms with Gasteiger partial charge in [-0.25, -0.2) is 0 Å². The summed E-state index contributed by atoms with van der Waals surface area (Å²) < 4.78 is 6.12. The van der Waals surface area contributed by atoms with E-state index in [9.17, 15) is 0 Å². The lowest BCUT2D eigenvalue weighted by atomic mass is 9.85. The second-order valence-corrected chi connectivity index (χ2v) is 5.12. The number of hydrogen-bond donors (Lipinski definition) is 1. The fourth-order valence-corrected chi connectivity index (χ4v) is 2.84. The Morgan fingerprint density at radius 3 is 3.00 bits per heavy atom. The number of nitrogens with two attached hydrogens (primary N) is 1. The van der Waals surface area contributed by atoms with Crippen molar-refractivity contribution >= 4 is 0 Å². The van der Waals surface area contributed by atoms with Crippen LogP contribution in [-0.2, 0) is 17.9 Å². The summed E-state index contributed by atoms with van der Waals surface area (Å²) in [7, 11) is 0. The van der Waals surface area contributed by atoms with Crippen molar-refractivity contribution in [2.24, 2.45) is 11.7 Å². The Kier molecular flexibility index (Phi) is 5.14. The van der Waals surface area contributed by atoms with Crippen LogP contribution in [0.4, 0.5) is 0 Å². The lowest BCUT2D eigenvalue weighted by Crippen LogP contribution is -2.27. The van der Waals surface area contributed by atoms with Gasteiger partial charge in [0.25, 0.3) is 0 Å². The van der Waals surface area contributed by atoms with Crippen LogP contribution in [-0.4, -0.2) is 11.1 Å². The van der Waals surface area contributed by atoms with Crippen LogP contribution in [0.25, 0.3) is 0 Å². The molecule has 1 saturated carbocycles. The zero-order valence-electron chi connectivity index (χ0n) is 11.3. The van der Waals surface area contributed by atoms with Crippen molar-refractivity contribution in [2.75, 3.05) is 0 Å². The quantitative estimate of drug-likeness (QED) is 0.871. The van der Waals surface area contributed by atoms with Crippen LogP contribution in [0.1, 0.15) is 50.3 Å². The lowest BCUT2D eigenvalue weighted by Gasteiger charge is -2.31. The number of nitrogens with zero attached hydrogens (tertiary/aromatic N) is 1. The Hall–Kier alpha value is -0.930. The Bertz CT molecular complexity index is 367. The van der Waals surface area contributed by atoms with E-state index in [4.69, 9.17) is 10.5 Å². The molecule has 2 atom stereocenters. The first-order valence-corrected chi connectivity index (χ1v) is 7.09. The van der Waals surface area contributed by atoms with Crippen LogP contribution in [0.15, 0.2) is 18.3 Å². The van der Waals surface area contributed by atoms with Crippen molar-refractivity contribution in [2.45, 2.75) is 58.3 Å². The molecule has 3 nitrogen and oxygen atoms in total. The van der Waals surface area contributed by atoms with Gasteiger partial charge in [0, 0.05) is 18.3 Å². The molecule has 1 aliphatic rings. The van der Waals surface area contributed by atoms with E-state index in [0.717, 1.165) is 17.2 Å². The van der Waals surface area contributed by atoms with Gasteiger partial charge in [0.05, 0.1) is 18.4 Å². The van der Waals surface area contributed by atoms with Crippen molar-refractivity contribution in [3.8, 4) is 0 Å². The molecule has 3 heteroatoms. The minimum atomic E-state index is 0.426. The van der Waals surface area contributed by atoms with Gasteiger partial charge in [0.1, 0.15) is 0 Å². The van der Waals surface area contributed by atoms with Gasteiger partial charge in [-0.05, 0) is 24.8 Å². The average Bonchev–Trinajstić information content (AvgIpc) is 2.45. The zero-order chi connectivity index (χ0) is 12.8. The molecule has 1 fully saturated rings. The predicted octanol–water partition coefficient (Wildman–Crippen LogP) is 3.03. The lowest BCUT2D eigenvalue weighted by molar-refractivity contribution is -0.0225. The van der Waals surface area contributed by atoms with Gasteiger partial charge < -0.3 is 10.5 Å². The van der Waals surface area contributed by atoms with Gasteiger partial charge in [-0.15, -0.1) is 0 Å². The topological polar surface area (TPSA) is 48.1 Å². The monoisotopic (exact) mass is 248 g/mol. The van der Waals surface area contributed by atoms with Crippen molar-refractivity contribution in [1.29, 1.82) is 0 Å². The highest BCUT2D eigenvalue weighted by Gasteiger charge is 2.24. The second-order valence-electron chi connectivity index (χ2n) is 5.12. The maximum Gasteiger partial charge on any atom is 0.0739 e. The molecule has 0 spiro atoms. The molecular formula is C15H24N2O. The molecule has 0 radical (unpaired) electrons. The third kappa shape index (κ3) is 3.30. The van der Waals surface area contributed by atoms with E-state index < -0.39 is 0 Å². The van der Waals surface area contributed by atoms with Crippen molar-refractivity contribution in [3.63, 3.8) is 0 Å². The Morgan fingerprint density at radius 2 is 2.22 bits per heavy atom. The van der Waals surface area contributed by atoms with Gasteiger partial charge >= 0.3 is 0 Å². The summed E-state index contributed by atoms with van der Waals surface area (Å²) in [6, 6.07) is 4.02. The highest BCUT2D eigenvalue weighted by atomic mass is 16.5. The summed E-state index contributed by atoms with van der Waals surface area (Å²) in [6.45, 7) is 3.41. The van der Waals surface area contributed by atoms with Crippen LogP contribution in [0.2, 0.25) is 0 Å². The van der Waals surface area contributed by atoms with Gasteiger partial charge in [-0.1, -0.05) is 32.3 Å². The molecule has 1 aromatic heterocycles. The molecule has 18 heavy (non-hydrogen) atoms. The molecule has 2 rings (SSSR count). The van der Waals surface area contributed by atoms with Gasteiger partial charge in [-0.2, -0.15) is 0 Å². The van der Waals surface area contributed by atoms with Crippen molar-refractivity contribution in [3.05, 3.63) is 29.6 Å². The molecule has 1 aliphatic carbocycles. The van der Waals surface area contributed by atoms with Crippen molar-refractivity contribution < 1.29 is 4.74 Å². The first-order chi connectivity index (χ1) is 8.85. The molecule has 2 N–H and O–H groups in total. The maximum absolute atomic E-state index is 6.12. The van der Waals surface area contributed by atoms with E-state index in [0.29, 0.717) is 19.3 Å². The van der Waals surface area contributed by atoms with E-state index in [1.54, 1.807) is 6.20 Å². The third-order valence-corrected chi connectivity index (χ3v) is 3.99. The molecule has 0 aliphatic heterocycles. The molecule has 0 saturated heterocycles. The number of rotatable bonds is 5.